The highest BCUT2D eigenvalue weighted by atomic mass is 32.1. The van der Waals surface area contributed by atoms with E-state index in [9.17, 15) is 9.59 Å². The van der Waals surface area contributed by atoms with E-state index in [0.29, 0.717) is 29.7 Å². The number of hydrogen-bond donors (Lipinski definition) is 2. The van der Waals surface area contributed by atoms with Crippen LogP contribution >= 0.6 is 11.3 Å². The lowest BCUT2D eigenvalue weighted by atomic mass is 10.0. The van der Waals surface area contributed by atoms with Crippen molar-refractivity contribution in [2.24, 2.45) is 0 Å². The number of anilines is 1. The number of aromatic nitrogens is 2. The summed E-state index contributed by atoms with van der Waals surface area (Å²) in [6.07, 6.45) is 3.37. The number of rotatable bonds is 8. The number of nitrogens with one attached hydrogen (secondary N) is 2. The van der Waals surface area contributed by atoms with Gasteiger partial charge in [0.2, 0.25) is 0 Å². The molecule has 2 N–H and O–H groups in total. The van der Waals surface area contributed by atoms with Crippen molar-refractivity contribution in [1.82, 2.24) is 20.2 Å². The summed E-state index contributed by atoms with van der Waals surface area (Å²) in [7, 11) is 0. The molecule has 0 spiro atoms. The second-order valence-electron chi connectivity index (χ2n) is 8.09. The molecule has 0 bridgehead atoms. The van der Waals surface area contributed by atoms with E-state index in [1.54, 1.807) is 22.7 Å². The van der Waals surface area contributed by atoms with E-state index in [-0.39, 0.29) is 18.0 Å². The second kappa shape index (κ2) is 10.9. The molecule has 0 atom stereocenters. The molecule has 8 heteroatoms. The van der Waals surface area contributed by atoms with Crippen LogP contribution in [0.2, 0.25) is 0 Å². The Labute approximate surface area is 192 Å². The number of hydrogen-bond acceptors (Lipinski definition) is 5. The summed E-state index contributed by atoms with van der Waals surface area (Å²) in [4.78, 5) is 35.4. The summed E-state index contributed by atoms with van der Waals surface area (Å²) in [6.45, 7) is 8.92. The van der Waals surface area contributed by atoms with Crippen molar-refractivity contribution in [3.05, 3.63) is 76.0 Å². The van der Waals surface area contributed by atoms with Gasteiger partial charge in [0.25, 0.3) is 5.91 Å². The molecule has 2 aromatic heterocycles. The van der Waals surface area contributed by atoms with Crippen LogP contribution in [-0.2, 0) is 13.1 Å². The van der Waals surface area contributed by atoms with Gasteiger partial charge in [-0.3, -0.25) is 9.78 Å². The molecule has 168 valence electrons. The van der Waals surface area contributed by atoms with Gasteiger partial charge in [-0.1, -0.05) is 26.0 Å². The summed E-state index contributed by atoms with van der Waals surface area (Å²) in [5.74, 6) is 0.197. The van der Waals surface area contributed by atoms with Crippen molar-refractivity contribution >= 4 is 29.0 Å². The van der Waals surface area contributed by atoms with Crippen LogP contribution < -0.4 is 10.6 Å². The van der Waals surface area contributed by atoms with Gasteiger partial charge in [0.1, 0.15) is 10.7 Å². The van der Waals surface area contributed by atoms with Crippen LogP contribution in [0, 0.1) is 0 Å². The number of urea groups is 1. The highest BCUT2D eigenvalue weighted by Crippen LogP contribution is 2.19. The Hall–Kier alpha value is -3.26. The van der Waals surface area contributed by atoms with E-state index in [4.69, 9.17) is 0 Å². The van der Waals surface area contributed by atoms with Gasteiger partial charge in [-0.25, -0.2) is 9.78 Å². The molecule has 0 saturated carbocycles. The van der Waals surface area contributed by atoms with E-state index in [1.807, 2.05) is 50.2 Å². The number of carbonyl (C=O) groups excluding carboxylic acids is 2. The minimum Gasteiger partial charge on any atom is -0.347 e. The molecule has 0 fully saturated rings. The standard InChI is InChI=1S/C24H29N5O2S/c1-16(2)19-5-7-20(8-6-19)27-24(31)29(17(3)4)14-22-28-21(15-32-22)23(30)26-13-18-9-11-25-12-10-18/h5-12,15-17H,13-14H2,1-4H3,(H,26,30)(H,27,31). The summed E-state index contributed by atoms with van der Waals surface area (Å²) in [5.41, 5.74) is 3.29. The molecule has 0 aliphatic rings. The molecule has 32 heavy (non-hydrogen) atoms. The van der Waals surface area contributed by atoms with Crippen LogP contribution in [0.4, 0.5) is 10.5 Å². The fourth-order valence-electron chi connectivity index (χ4n) is 3.04. The smallest absolute Gasteiger partial charge is 0.322 e. The highest BCUT2D eigenvalue weighted by molar-refractivity contribution is 7.09. The molecular formula is C24H29N5O2S. The molecule has 3 amide bonds. The third-order valence-electron chi connectivity index (χ3n) is 5.01. The Kier molecular flexibility index (Phi) is 7.94. The molecule has 0 unspecified atom stereocenters. The second-order valence-corrected chi connectivity index (χ2v) is 9.04. The summed E-state index contributed by atoms with van der Waals surface area (Å²) < 4.78 is 0. The minimum atomic E-state index is -0.241. The number of thiazole rings is 1. The van der Waals surface area contributed by atoms with Gasteiger partial charge in [-0.2, -0.15) is 0 Å². The van der Waals surface area contributed by atoms with Crippen molar-refractivity contribution in [3.8, 4) is 0 Å². The van der Waals surface area contributed by atoms with Gasteiger partial charge >= 0.3 is 6.03 Å². The molecule has 7 nitrogen and oxygen atoms in total. The van der Waals surface area contributed by atoms with Crippen LogP contribution in [0.25, 0.3) is 0 Å². The zero-order chi connectivity index (χ0) is 23.1. The third kappa shape index (κ3) is 6.37. The Morgan fingerprint density at radius 3 is 2.34 bits per heavy atom. The molecule has 1 aromatic carbocycles. The monoisotopic (exact) mass is 451 g/mol. The first-order valence-corrected chi connectivity index (χ1v) is 11.5. The van der Waals surface area contributed by atoms with E-state index in [2.05, 4.69) is 34.4 Å². The Bertz CT molecular complexity index is 1030. The molecule has 0 radical (unpaired) electrons. The average molecular weight is 452 g/mol. The minimum absolute atomic E-state index is 0.0298. The van der Waals surface area contributed by atoms with Gasteiger partial charge in [0.15, 0.2) is 0 Å². The highest BCUT2D eigenvalue weighted by Gasteiger charge is 2.20. The summed E-state index contributed by atoms with van der Waals surface area (Å²) in [6, 6.07) is 11.4. The van der Waals surface area contributed by atoms with E-state index in [0.717, 1.165) is 11.3 Å². The van der Waals surface area contributed by atoms with E-state index >= 15 is 0 Å². The fourth-order valence-corrected chi connectivity index (χ4v) is 3.81. The van der Waals surface area contributed by atoms with Crippen LogP contribution in [0.5, 0.6) is 0 Å². The van der Waals surface area contributed by atoms with Crippen molar-refractivity contribution in [1.29, 1.82) is 0 Å². The van der Waals surface area contributed by atoms with Crippen molar-refractivity contribution < 1.29 is 9.59 Å². The Morgan fingerprint density at radius 1 is 1.03 bits per heavy atom. The molecule has 3 rings (SSSR count). The van der Waals surface area contributed by atoms with E-state index in [1.165, 1.54) is 16.9 Å². The number of amides is 3. The predicted molar refractivity (Wildman–Crippen MR) is 128 cm³/mol. The van der Waals surface area contributed by atoms with E-state index < -0.39 is 0 Å². The van der Waals surface area contributed by atoms with Gasteiger partial charge in [-0.15, -0.1) is 11.3 Å². The Morgan fingerprint density at radius 2 is 1.72 bits per heavy atom. The number of benzene rings is 1. The van der Waals surface area contributed by atoms with Crippen LogP contribution in [-0.4, -0.2) is 32.8 Å². The molecule has 0 aliphatic heterocycles. The first-order chi connectivity index (χ1) is 15.3. The zero-order valence-electron chi connectivity index (χ0n) is 18.8. The molecule has 0 aliphatic carbocycles. The number of carbonyl (C=O) groups is 2. The Balaban J connectivity index is 1.60. The quantitative estimate of drug-likeness (QED) is 0.503. The largest absolute Gasteiger partial charge is 0.347 e. The maximum atomic E-state index is 12.9. The van der Waals surface area contributed by atoms with Gasteiger partial charge in [0.05, 0.1) is 6.54 Å². The van der Waals surface area contributed by atoms with Crippen LogP contribution in [0.3, 0.4) is 0 Å². The first-order valence-electron chi connectivity index (χ1n) is 10.6. The lowest BCUT2D eigenvalue weighted by Crippen LogP contribution is -2.39. The fraction of sp³-hybridized carbons (Fsp3) is 0.333. The van der Waals surface area contributed by atoms with Crippen molar-refractivity contribution in [2.75, 3.05) is 5.32 Å². The third-order valence-corrected chi connectivity index (χ3v) is 5.84. The van der Waals surface area contributed by atoms with Gasteiger partial charge < -0.3 is 15.5 Å². The van der Waals surface area contributed by atoms with Crippen LogP contribution in [0.1, 0.15) is 60.2 Å². The first kappa shape index (κ1) is 23.4. The normalized spacial score (nSPS) is 10.9. The average Bonchev–Trinajstić information content (AvgIpc) is 3.25. The van der Waals surface area contributed by atoms with Crippen molar-refractivity contribution in [3.63, 3.8) is 0 Å². The molecule has 0 saturated heterocycles. The SMILES string of the molecule is CC(C)c1ccc(NC(=O)N(Cc2nc(C(=O)NCc3ccncc3)cs2)C(C)C)cc1. The van der Waals surface area contributed by atoms with Crippen molar-refractivity contribution in [2.45, 2.75) is 52.7 Å². The summed E-state index contributed by atoms with van der Waals surface area (Å²) in [5, 5.41) is 8.24. The molecule has 2 heterocycles. The maximum Gasteiger partial charge on any atom is 0.322 e. The molecular weight excluding hydrogens is 422 g/mol. The lowest BCUT2D eigenvalue weighted by molar-refractivity contribution is 0.0946. The topological polar surface area (TPSA) is 87.2 Å². The number of nitrogens with zero attached hydrogens (tertiary/aromatic N) is 3. The predicted octanol–water partition coefficient (Wildman–Crippen LogP) is 5.03. The zero-order valence-corrected chi connectivity index (χ0v) is 19.6. The van der Waals surface area contributed by atoms with Gasteiger partial charge in [-0.05, 0) is 55.2 Å². The van der Waals surface area contributed by atoms with Gasteiger partial charge in [0, 0.05) is 36.0 Å². The number of pyridine rings is 1. The van der Waals surface area contributed by atoms with Crippen LogP contribution in [0.15, 0.2) is 54.2 Å². The lowest BCUT2D eigenvalue weighted by Gasteiger charge is -2.26. The summed E-state index contributed by atoms with van der Waals surface area (Å²) >= 11 is 1.37. The molecule has 3 aromatic rings. The maximum absolute atomic E-state index is 12.9.